The number of halogens is 3. The standard InChI is InChI=1S/C9H12F3N3/c10-9(11,12)4-1-8-14-6-3-7(15-8)2-5-13/h3,6H,1-2,4-5,13H2. The Morgan fingerprint density at radius 3 is 2.60 bits per heavy atom. The molecule has 1 rings (SSSR count). The molecule has 0 aliphatic rings. The number of nitrogens with two attached hydrogens (primary N) is 1. The average Bonchev–Trinajstić information content (AvgIpc) is 2.15. The number of aromatic nitrogens is 2. The summed E-state index contributed by atoms with van der Waals surface area (Å²) in [6.45, 7) is 0.426. The van der Waals surface area contributed by atoms with Gasteiger partial charge in [0, 0.05) is 24.7 Å². The van der Waals surface area contributed by atoms with E-state index in [0.29, 0.717) is 18.7 Å². The van der Waals surface area contributed by atoms with Gasteiger partial charge < -0.3 is 5.73 Å². The highest BCUT2D eigenvalue weighted by Gasteiger charge is 2.26. The minimum Gasteiger partial charge on any atom is -0.330 e. The molecule has 0 atom stereocenters. The third kappa shape index (κ3) is 4.73. The number of nitrogens with zero attached hydrogens (tertiary/aromatic N) is 2. The Labute approximate surface area is 85.5 Å². The Bertz CT molecular complexity index is 312. The summed E-state index contributed by atoms with van der Waals surface area (Å²) in [6, 6.07) is 1.66. The van der Waals surface area contributed by atoms with E-state index in [2.05, 4.69) is 9.97 Å². The summed E-state index contributed by atoms with van der Waals surface area (Å²) < 4.78 is 35.7. The van der Waals surface area contributed by atoms with Gasteiger partial charge in [0.1, 0.15) is 5.82 Å². The zero-order valence-electron chi connectivity index (χ0n) is 8.09. The van der Waals surface area contributed by atoms with Crippen LogP contribution in [-0.2, 0) is 12.8 Å². The molecule has 15 heavy (non-hydrogen) atoms. The molecule has 0 spiro atoms. The topological polar surface area (TPSA) is 51.8 Å². The van der Waals surface area contributed by atoms with E-state index in [-0.39, 0.29) is 12.2 Å². The van der Waals surface area contributed by atoms with Crippen LogP contribution in [0.25, 0.3) is 0 Å². The molecule has 0 aromatic carbocycles. The predicted molar refractivity (Wildman–Crippen MR) is 49.2 cm³/mol. The van der Waals surface area contributed by atoms with Gasteiger partial charge in [-0.2, -0.15) is 13.2 Å². The van der Waals surface area contributed by atoms with Gasteiger partial charge in [-0.3, -0.25) is 0 Å². The smallest absolute Gasteiger partial charge is 0.330 e. The SMILES string of the molecule is NCCc1ccnc(CCC(F)(F)F)n1. The number of aryl methyl sites for hydroxylation is 1. The summed E-state index contributed by atoms with van der Waals surface area (Å²) >= 11 is 0. The maximum Gasteiger partial charge on any atom is 0.389 e. The highest BCUT2D eigenvalue weighted by atomic mass is 19.4. The lowest BCUT2D eigenvalue weighted by molar-refractivity contribution is -0.134. The maximum atomic E-state index is 11.9. The number of rotatable bonds is 4. The van der Waals surface area contributed by atoms with E-state index in [1.54, 1.807) is 6.07 Å². The molecule has 1 aromatic heterocycles. The van der Waals surface area contributed by atoms with Crippen LogP contribution in [-0.4, -0.2) is 22.7 Å². The summed E-state index contributed by atoms with van der Waals surface area (Å²) in [7, 11) is 0. The highest BCUT2D eigenvalue weighted by Crippen LogP contribution is 2.20. The molecule has 6 heteroatoms. The van der Waals surface area contributed by atoms with Gasteiger partial charge in [-0.05, 0) is 12.6 Å². The Balaban J connectivity index is 2.57. The van der Waals surface area contributed by atoms with Crippen LogP contribution in [0.3, 0.4) is 0 Å². The average molecular weight is 219 g/mol. The van der Waals surface area contributed by atoms with E-state index in [1.165, 1.54) is 6.20 Å². The van der Waals surface area contributed by atoms with Crippen LogP contribution >= 0.6 is 0 Å². The molecule has 2 N–H and O–H groups in total. The van der Waals surface area contributed by atoms with Crippen LogP contribution in [0.2, 0.25) is 0 Å². The molecule has 0 radical (unpaired) electrons. The first kappa shape index (κ1) is 11.9. The van der Waals surface area contributed by atoms with Crippen molar-refractivity contribution < 1.29 is 13.2 Å². The first-order valence-electron chi connectivity index (χ1n) is 4.59. The van der Waals surface area contributed by atoms with Gasteiger partial charge in [0.15, 0.2) is 0 Å². The van der Waals surface area contributed by atoms with E-state index < -0.39 is 12.6 Å². The van der Waals surface area contributed by atoms with E-state index >= 15 is 0 Å². The minimum absolute atomic E-state index is 0.179. The van der Waals surface area contributed by atoms with Crippen molar-refractivity contribution in [3.05, 3.63) is 23.8 Å². The Morgan fingerprint density at radius 2 is 2.00 bits per heavy atom. The zero-order chi connectivity index (χ0) is 11.3. The molecular formula is C9H12F3N3. The maximum absolute atomic E-state index is 11.9. The molecule has 0 unspecified atom stereocenters. The van der Waals surface area contributed by atoms with Crippen molar-refractivity contribution in [2.45, 2.75) is 25.4 Å². The molecular weight excluding hydrogens is 207 g/mol. The molecule has 1 aromatic rings. The second-order valence-corrected chi connectivity index (χ2v) is 3.12. The van der Waals surface area contributed by atoms with Crippen LogP contribution in [0.5, 0.6) is 0 Å². The highest BCUT2D eigenvalue weighted by molar-refractivity contribution is 5.03. The number of hydrogen-bond donors (Lipinski definition) is 1. The summed E-state index contributed by atoms with van der Waals surface area (Å²) in [5, 5.41) is 0. The predicted octanol–water partition coefficient (Wildman–Crippen LogP) is 1.47. The Hall–Kier alpha value is -1.17. The van der Waals surface area contributed by atoms with Crippen LogP contribution in [0, 0.1) is 0 Å². The van der Waals surface area contributed by atoms with Crippen molar-refractivity contribution in [3.63, 3.8) is 0 Å². The minimum atomic E-state index is -4.16. The quantitative estimate of drug-likeness (QED) is 0.834. The van der Waals surface area contributed by atoms with Gasteiger partial charge >= 0.3 is 6.18 Å². The summed E-state index contributed by atoms with van der Waals surface area (Å²) in [5.74, 6) is 0.221. The molecule has 0 amide bonds. The van der Waals surface area contributed by atoms with Crippen molar-refractivity contribution in [1.29, 1.82) is 0 Å². The first-order valence-corrected chi connectivity index (χ1v) is 4.59. The van der Waals surface area contributed by atoms with Crippen LogP contribution in [0.15, 0.2) is 12.3 Å². The molecule has 0 saturated carbocycles. The third-order valence-corrected chi connectivity index (χ3v) is 1.80. The van der Waals surface area contributed by atoms with Crippen molar-refractivity contribution in [3.8, 4) is 0 Å². The number of hydrogen-bond acceptors (Lipinski definition) is 3. The molecule has 0 bridgehead atoms. The number of alkyl halides is 3. The second-order valence-electron chi connectivity index (χ2n) is 3.12. The second kappa shape index (κ2) is 5.06. The van der Waals surface area contributed by atoms with Crippen molar-refractivity contribution in [1.82, 2.24) is 9.97 Å². The van der Waals surface area contributed by atoms with Crippen LogP contribution < -0.4 is 5.73 Å². The largest absolute Gasteiger partial charge is 0.389 e. The fourth-order valence-corrected chi connectivity index (χ4v) is 1.10. The van der Waals surface area contributed by atoms with Gasteiger partial charge in [0.05, 0.1) is 6.42 Å². The Morgan fingerprint density at radius 1 is 1.27 bits per heavy atom. The van der Waals surface area contributed by atoms with Crippen LogP contribution in [0.4, 0.5) is 13.2 Å². The monoisotopic (exact) mass is 219 g/mol. The van der Waals surface area contributed by atoms with Crippen molar-refractivity contribution in [2.24, 2.45) is 5.73 Å². The zero-order valence-corrected chi connectivity index (χ0v) is 8.09. The molecule has 0 aliphatic heterocycles. The van der Waals surface area contributed by atoms with Crippen LogP contribution in [0.1, 0.15) is 17.9 Å². The van der Waals surface area contributed by atoms with E-state index in [9.17, 15) is 13.2 Å². The normalized spacial score (nSPS) is 11.7. The third-order valence-electron chi connectivity index (χ3n) is 1.80. The molecule has 0 saturated heterocycles. The van der Waals surface area contributed by atoms with Gasteiger partial charge in [0.2, 0.25) is 0 Å². The Kier molecular flexibility index (Phi) is 4.02. The molecule has 0 fully saturated rings. The van der Waals surface area contributed by atoms with Gasteiger partial charge in [-0.1, -0.05) is 0 Å². The lowest BCUT2D eigenvalue weighted by Crippen LogP contribution is -2.11. The van der Waals surface area contributed by atoms with Gasteiger partial charge in [0.25, 0.3) is 0 Å². The summed E-state index contributed by atoms with van der Waals surface area (Å²) in [4.78, 5) is 7.75. The van der Waals surface area contributed by atoms with Gasteiger partial charge in [-0.25, -0.2) is 9.97 Å². The van der Waals surface area contributed by atoms with Crippen molar-refractivity contribution >= 4 is 0 Å². The van der Waals surface area contributed by atoms with E-state index in [4.69, 9.17) is 5.73 Å². The molecule has 1 heterocycles. The lowest BCUT2D eigenvalue weighted by atomic mass is 10.2. The molecule has 84 valence electrons. The first-order chi connectivity index (χ1) is 7.01. The summed E-state index contributed by atoms with van der Waals surface area (Å²) in [5.41, 5.74) is 6.00. The van der Waals surface area contributed by atoms with Crippen molar-refractivity contribution in [2.75, 3.05) is 6.54 Å². The van der Waals surface area contributed by atoms with E-state index in [1.807, 2.05) is 0 Å². The fourth-order valence-electron chi connectivity index (χ4n) is 1.10. The fraction of sp³-hybridized carbons (Fsp3) is 0.556. The molecule has 3 nitrogen and oxygen atoms in total. The summed E-state index contributed by atoms with van der Waals surface area (Å²) in [6.07, 6.45) is -3.21. The van der Waals surface area contributed by atoms with E-state index in [0.717, 1.165) is 0 Å². The molecule has 0 aliphatic carbocycles. The van der Waals surface area contributed by atoms with Gasteiger partial charge in [-0.15, -0.1) is 0 Å². The lowest BCUT2D eigenvalue weighted by Gasteiger charge is -2.05.